The van der Waals surface area contributed by atoms with Crippen molar-refractivity contribution in [1.82, 2.24) is 10.3 Å². The molecule has 26 heavy (non-hydrogen) atoms. The van der Waals surface area contributed by atoms with Crippen LogP contribution in [0.25, 0.3) is 0 Å². The summed E-state index contributed by atoms with van der Waals surface area (Å²) in [5, 5.41) is 2.97. The number of pyridine rings is 1. The van der Waals surface area contributed by atoms with Crippen molar-refractivity contribution in [3.63, 3.8) is 0 Å². The van der Waals surface area contributed by atoms with Crippen molar-refractivity contribution in [2.75, 3.05) is 32.2 Å². The average Bonchev–Trinajstić information content (AvgIpc) is 3.21. The van der Waals surface area contributed by atoms with Crippen LogP contribution in [0.4, 0.5) is 5.82 Å². The maximum atomic E-state index is 12.4. The highest BCUT2D eigenvalue weighted by atomic mass is 16.5. The van der Waals surface area contributed by atoms with Crippen molar-refractivity contribution in [1.29, 1.82) is 0 Å². The Morgan fingerprint density at radius 3 is 2.69 bits per heavy atom. The van der Waals surface area contributed by atoms with Gasteiger partial charge in [-0.05, 0) is 48.7 Å². The van der Waals surface area contributed by atoms with Crippen LogP contribution >= 0.6 is 0 Å². The van der Waals surface area contributed by atoms with Gasteiger partial charge in [0, 0.05) is 31.4 Å². The molecule has 0 radical (unpaired) electrons. The van der Waals surface area contributed by atoms with E-state index < -0.39 is 0 Å². The Kier molecular flexibility index (Phi) is 5.94. The van der Waals surface area contributed by atoms with Gasteiger partial charge in [-0.1, -0.05) is 0 Å². The molecule has 0 atom stereocenters. The molecule has 1 aromatic carbocycles. The summed E-state index contributed by atoms with van der Waals surface area (Å²) >= 11 is 0. The van der Waals surface area contributed by atoms with Crippen LogP contribution in [0.5, 0.6) is 11.5 Å². The van der Waals surface area contributed by atoms with Gasteiger partial charge in [0.05, 0.1) is 20.6 Å². The Bertz CT molecular complexity index is 758. The molecule has 1 aromatic heterocycles. The fraction of sp³-hybridized carbons (Fsp3) is 0.400. The van der Waals surface area contributed by atoms with Crippen molar-refractivity contribution < 1.29 is 14.3 Å². The predicted molar refractivity (Wildman–Crippen MR) is 101 cm³/mol. The quantitative estimate of drug-likeness (QED) is 0.827. The zero-order chi connectivity index (χ0) is 18.4. The molecule has 2 aromatic rings. The molecular weight excluding hydrogens is 330 g/mol. The third-order valence-electron chi connectivity index (χ3n) is 4.57. The van der Waals surface area contributed by atoms with Crippen molar-refractivity contribution in [2.45, 2.75) is 25.8 Å². The van der Waals surface area contributed by atoms with Crippen LogP contribution in [0.1, 0.15) is 24.0 Å². The molecule has 6 heteroatoms. The van der Waals surface area contributed by atoms with Gasteiger partial charge >= 0.3 is 0 Å². The van der Waals surface area contributed by atoms with Gasteiger partial charge in [0.1, 0.15) is 17.3 Å². The van der Waals surface area contributed by atoms with Gasteiger partial charge in [0.2, 0.25) is 5.91 Å². The smallest absolute Gasteiger partial charge is 0.224 e. The molecular formula is C20H25N3O3. The Morgan fingerprint density at radius 1 is 1.15 bits per heavy atom. The highest BCUT2D eigenvalue weighted by Crippen LogP contribution is 2.24. The number of ether oxygens (including phenoxy) is 2. The second-order valence-electron chi connectivity index (χ2n) is 6.35. The van der Waals surface area contributed by atoms with Gasteiger partial charge in [-0.3, -0.25) is 4.79 Å². The van der Waals surface area contributed by atoms with E-state index in [0.29, 0.717) is 18.0 Å². The first-order valence-corrected chi connectivity index (χ1v) is 8.87. The topological polar surface area (TPSA) is 63.7 Å². The third-order valence-corrected chi connectivity index (χ3v) is 4.57. The Hall–Kier alpha value is -2.76. The lowest BCUT2D eigenvalue weighted by molar-refractivity contribution is -0.120. The summed E-state index contributed by atoms with van der Waals surface area (Å²) in [5.41, 5.74) is 1.85. The zero-order valence-corrected chi connectivity index (χ0v) is 15.3. The number of amides is 1. The summed E-state index contributed by atoms with van der Waals surface area (Å²) in [6.07, 6.45) is 4.47. The first kappa shape index (κ1) is 18.0. The average molecular weight is 355 g/mol. The first-order valence-electron chi connectivity index (χ1n) is 8.87. The molecule has 1 aliphatic rings. The SMILES string of the molecule is COc1ccc(OC)c(CC(=O)NCc2ccnc(N3CCCC3)c2)c1. The minimum absolute atomic E-state index is 0.0592. The minimum Gasteiger partial charge on any atom is -0.497 e. The van der Waals surface area contributed by atoms with Gasteiger partial charge in [0.15, 0.2) is 0 Å². The van der Waals surface area contributed by atoms with Crippen molar-refractivity contribution in [3.05, 3.63) is 47.7 Å². The number of hydrogen-bond donors (Lipinski definition) is 1. The van der Waals surface area contributed by atoms with Gasteiger partial charge in [-0.2, -0.15) is 0 Å². The lowest BCUT2D eigenvalue weighted by Crippen LogP contribution is -2.25. The van der Waals surface area contributed by atoms with E-state index in [1.807, 2.05) is 24.3 Å². The standard InChI is InChI=1S/C20H25N3O3/c1-25-17-5-6-18(26-2)16(12-17)13-20(24)22-14-15-7-8-21-19(11-15)23-9-3-4-10-23/h5-8,11-12H,3-4,9-10,13-14H2,1-2H3,(H,22,24). The molecule has 6 nitrogen and oxygen atoms in total. The lowest BCUT2D eigenvalue weighted by atomic mass is 10.1. The van der Waals surface area contributed by atoms with Crippen LogP contribution in [0.2, 0.25) is 0 Å². The minimum atomic E-state index is -0.0592. The second kappa shape index (κ2) is 8.56. The Labute approximate surface area is 154 Å². The molecule has 1 N–H and O–H groups in total. The van der Waals surface area contributed by atoms with Crippen LogP contribution < -0.4 is 19.7 Å². The first-order chi connectivity index (χ1) is 12.7. The second-order valence-corrected chi connectivity index (χ2v) is 6.35. The Morgan fingerprint density at radius 2 is 1.96 bits per heavy atom. The molecule has 0 unspecified atom stereocenters. The number of carbonyl (C=O) groups excluding carboxylic acids is 1. The third kappa shape index (κ3) is 4.45. The molecule has 1 fully saturated rings. The van der Waals surface area contributed by atoms with E-state index in [1.54, 1.807) is 20.4 Å². The monoisotopic (exact) mass is 355 g/mol. The molecule has 0 bridgehead atoms. The Balaban J connectivity index is 1.60. The fourth-order valence-corrected chi connectivity index (χ4v) is 3.15. The summed E-state index contributed by atoms with van der Waals surface area (Å²) in [5.74, 6) is 2.32. The molecule has 1 aliphatic heterocycles. The van der Waals surface area contributed by atoms with Crippen LogP contribution in [0, 0.1) is 0 Å². The maximum absolute atomic E-state index is 12.4. The highest BCUT2D eigenvalue weighted by molar-refractivity contribution is 5.79. The van der Waals surface area contributed by atoms with Crippen molar-refractivity contribution in [2.24, 2.45) is 0 Å². The molecule has 1 saturated heterocycles. The zero-order valence-electron chi connectivity index (χ0n) is 15.3. The number of methoxy groups -OCH3 is 2. The molecule has 2 heterocycles. The van der Waals surface area contributed by atoms with E-state index in [9.17, 15) is 4.79 Å². The summed E-state index contributed by atoms with van der Waals surface area (Å²) in [6, 6.07) is 9.45. The highest BCUT2D eigenvalue weighted by Gasteiger charge is 2.14. The predicted octanol–water partition coefficient (Wildman–Crippen LogP) is 2.56. The van der Waals surface area contributed by atoms with Crippen LogP contribution in [-0.4, -0.2) is 38.2 Å². The van der Waals surface area contributed by atoms with E-state index in [0.717, 1.165) is 30.0 Å². The van der Waals surface area contributed by atoms with Crippen LogP contribution in [0.3, 0.4) is 0 Å². The molecule has 0 saturated carbocycles. The van der Waals surface area contributed by atoms with E-state index in [2.05, 4.69) is 21.3 Å². The van der Waals surface area contributed by atoms with Crippen molar-refractivity contribution in [3.8, 4) is 11.5 Å². The molecule has 1 amide bonds. The van der Waals surface area contributed by atoms with Gasteiger partial charge in [0.25, 0.3) is 0 Å². The summed E-state index contributed by atoms with van der Waals surface area (Å²) in [7, 11) is 3.20. The maximum Gasteiger partial charge on any atom is 0.224 e. The van der Waals surface area contributed by atoms with Crippen LogP contribution in [0.15, 0.2) is 36.5 Å². The summed E-state index contributed by atoms with van der Waals surface area (Å²) in [6.45, 7) is 2.59. The molecule has 0 aliphatic carbocycles. The number of hydrogen-bond acceptors (Lipinski definition) is 5. The fourth-order valence-electron chi connectivity index (χ4n) is 3.15. The number of nitrogens with zero attached hydrogens (tertiary/aromatic N) is 2. The molecule has 0 spiro atoms. The summed E-state index contributed by atoms with van der Waals surface area (Å²) in [4.78, 5) is 19.1. The number of aromatic nitrogens is 1. The van der Waals surface area contributed by atoms with Crippen molar-refractivity contribution >= 4 is 11.7 Å². The molecule has 3 rings (SSSR count). The summed E-state index contributed by atoms with van der Waals surface area (Å²) < 4.78 is 10.6. The number of rotatable bonds is 7. The van der Waals surface area contributed by atoms with Crippen LogP contribution in [-0.2, 0) is 17.8 Å². The number of carbonyl (C=O) groups is 1. The van der Waals surface area contributed by atoms with Gasteiger partial charge < -0.3 is 19.7 Å². The van der Waals surface area contributed by atoms with Gasteiger partial charge in [-0.15, -0.1) is 0 Å². The number of benzene rings is 1. The van der Waals surface area contributed by atoms with E-state index in [1.165, 1.54) is 12.8 Å². The number of anilines is 1. The van der Waals surface area contributed by atoms with E-state index in [-0.39, 0.29) is 12.3 Å². The normalized spacial score (nSPS) is 13.5. The van der Waals surface area contributed by atoms with E-state index >= 15 is 0 Å². The lowest BCUT2D eigenvalue weighted by Gasteiger charge is -2.17. The largest absolute Gasteiger partial charge is 0.497 e. The number of nitrogens with one attached hydrogen (secondary N) is 1. The van der Waals surface area contributed by atoms with E-state index in [4.69, 9.17) is 9.47 Å². The molecule has 138 valence electrons. The van der Waals surface area contributed by atoms with Gasteiger partial charge in [-0.25, -0.2) is 4.98 Å².